The van der Waals surface area contributed by atoms with Crippen molar-refractivity contribution in [1.82, 2.24) is 19.9 Å². The number of aryl methyl sites for hydroxylation is 1. The number of nitrogens with one attached hydrogen (secondary N) is 1. The van der Waals surface area contributed by atoms with E-state index in [9.17, 15) is 0 Å². The van der Waals surface area contributed by atoms with Crippen molar-refractivity contribution in [3.8, 4) is 0 Å². The van der Waals surface area contributed by atoms with Crippen LogP contribution in [0.15, 0.2) is 35.8 Å². The molecule has 2 heterocycles. The molecular weight excluding hydrogens is 256 g/mol. The van der Waals surface area contributed by atoms with Crippen LogP contribution in [0.4, 0.5) is 0 Å². The van der Waals surface area contributed by atoms with Gasteiger partial charge in [-0.1, -0.05) is 12.1 Å². The van der Waals surface area contributed by atoms with Gasteiger partial charge in [-0.3, -0.25) is 0 Å². The number of fused-ring (bicyclic) bond motifs is 1. The van der Waals surface area contributed by atoms with Crippen LogP contribution in [0, 0.1) is 0 Å². The second-order valence-electron chi connectivity index (χ2n) is 4.55. The molecule has 19 heavy (non-hydrogen) atoms. The van der Waals surface area contributed by atoms with Gasteiger partial charge in [0.15, 0.2) is 0 Å². The molecular formula is C14H16N4S. The monoisotopic (exact) mass is 272 g/mol. The first-order valence-electron chi connectivity index (χ1n) is 6.29. The molecule has 98 valence electrons. The van der Waals surface area contributed by atoms with Gasteiger partial charge in [0.05, 0.1) is 23.6 Å². The maximum absolute atomic E-state index is 4.65. The predicted octanol–water partition coefficient (Wildman–Crippen LogP) is 2.88. The standard InChI is InChI=1S/C14H16N4S/c1-10(14-15-7-8-19-14)16-9-13-17-11-5-3-4-6-12(11)18(13)2/h3-8,10,16H,9H2,1-2H3. The molecule has 0 aliphatic rings. The third-order valence-electron chi connectivity index (χ3n) is 3.27. The Kier molecular flexibility index (Phi) is 3.31. The summed E-state index contributed by atoms with van der Waals surface area (Å²) in [6.07, 6.45) is 1.84. The molecule has 0 saturated heterocycles. The summed E-state index contributed by atoms with van der Waals surface area (Å²) in [4.78, 5) is 8.97. The zero-order valence-electron chi connectivity index (χ0n) is 11.0. The summed E-state index contributed by atoms with van der Waals surface area (Å²) in [6.45, 7) is 2.87. The van der Waals surface area contributed by atoms with Gasteiger partial charge < -0.3 is 9.88 Å². The smallest absolute Gasteiger partial charge is 0.123 e. The normalized spacial score (nSPS) is 12.9. The van der Waals surface area contributed by atoms with Crippen molar-refractivity contribution in [3.05, 3.63) is 46.7 Å². The average molecular weight is 272 g/mol. The first-order chi connectivity index (χ1) is 9.25. The minimum absolute atomic E-state index is 0.250. The van der Waals surface area contributed by atoms with Gasteiger partial charge in [-0.15, -0.1) is 11.3 Å². The van der Waals surface area contributed by atoms with Crippen LogP contribution in [0.3, 0.4) is 0 Å². The summed E-state index contributed by atoms with van der Waals surface area (Å²) in [5.41, 5.74) is 2.21. The van der Waals surface area contributed by atoms with Crippen molar-refractivity contribution in [2.45, 2.75) is 19.5 Å². The van der Waals surface area contributed by atoms with Crippen molar-refractivity contribution in [3.63, 3.8) is 0 Å². The minimum Gasteiger partial charge on any atom is -0.330 e. The Morgan fingerprint density at radius 2 is 2.21 bits per heavy atom. The Morgan fingerprint density at radius 1 is 1.37 bits per heavy atom. The Balaban J connectivity index is 1.77. The number of hydrogen-bond donors (Lipinski definition) is 1. The van der Waals surface area contributed by atoms with E-state index in [-0.39, 0.29) is 6.04 Å². The van der Waals surface area contributed by atoms with Gasteiger partial charge in [0, 0.05) is 18.6 Å². The Bertz CT molecular complexity index is 672. The summed E-state index contributed by atoms with van der Waals surface area (Å²) in [5.74, 6) is 1.05. The summed E-state index contributed by atoms with van der Waals surface area (Å²) >= 11 is 1.67. The van der Waals surface area contributed by atoms with Crippen LogP contribution in [-0.2, 0) is 13.6 Å². The van der Waals surface area contributed by atoms with Crippen LogP contribution in [0.5, 0.6) is 0 Å². The SMILES string of the molecule is CC(NCc1nc2ccccc2n1C)c1nccs1. The molecule has 3 rings (SSSR count). The van der Waals surface area contributed by atoms with Gasteiger partial charge in [-0.25, -0.2) is 9.97 Å². The molecule has 1 atom stereocenters. The van der Waals surface area contributed by atoms with Crippen LogP contribution >= 0.6 is 11.3 Å². The molecule has 0 fully saturated rings. The van der Waals surface area contributed by atoms with E-state index in [4.69, 9.17) is 0 Å². The molecule has 0 radical (unpaired) electrons. The van der Waals surface area contributed by atoms with E-state index in [1.165, 1.54) is 5.52 Å². The first-order valence-corrected chi connectivity index (χ1v) is 7.17. The van der Waals surface area contributed by atoms with Crippen LogP contribution in [-0.4, -0.2) is 14.5 Å². The summed E-state index contributed by atoms with van der Waals surface area (Å²) in [6, 6.07) is 8.45. The molecule has 4 nitrogen and oxygen atoms in total. The highest BCUT2D eigenvalue weighted by molar-refractivity contribution is 7.09. The number of para-hydroxylation sites is 2. The van der Waals surface area contributed by atoms with Crippen molar-refractivity contribution in [2.24, 2.45) is 7.05 Å². The Hall–Kier alpha value is -1.72. The molecule has 5 heteroatoms. The molecule has 0 bridgehead atoms. The number of imidazole rings is 1. The third kappa shape index (κ3) is 2.39. The number of benzene rings is 1. The molecule has 2 aromatic heterocycles. The molecule has 1 aromatic carbocycles. The lowest BCUT2D eigenvalue weighted by Crippen LogP contribution is -2.20. The Morgan fingerprint density at radius 3 is 2.95 bits per heavy atom. The zero-order valence-corrected chi connectivity index (χ0v) is 11.8. The van der Waals surface area contributed by atoms with E-state index in [1.807, 2.05) is 29.8 Å². The Labute approximate surface area is 116 Å². The van der Waals surface area contributed by atoms with E-state index in [2.05, 4.69) is 39.9 Å². The van der Waals surface area contributed by atoms with Crippen molar-refractivity contribution >= 4 is 22.4 Å². The number of nitrogens with zero attached hydrogens (tertiary/aromatic N) is 3. The van der Waals surface area contributed by atoms with E-state index < -0.39 is 0 Å². The van der Waals surface area contributed by atoms with Crippen molar-refractivity contribution < 1.29 is 0 Å². The fraction of sp³-hybridized carbons (Fsp3) is 0.286. The van der Waals surface area contributed by atoms with E-state index in [0.717, 1.165) is 22.9 Å². The average Bonchev–Trinajstić information content (AvgIpc) is 3.05. The molecule has 3 aromatic rings. The number of rotatable bonds is 4. The second-order valence-corrected chi connectivity index (χ2v) is 5.47. The lowest BCUT2D eigenvalue weighted by molar-refractivity contribution is 0.549. The number of hydrogen-bond acceptors (Lipinski definition) is 4. The van der Waals surface area contributed by atoms with Gasteiger partial charge in [-0.2, -0.15) is 0 Å². The van der Waals surface area contributed by atoms with Gasteiger partial charge >= 0.3 is 0 Å². The van der Waals surface area contributed by atoms with E-state index >= 15 is 0 Å². The predicted molar refractivity (Wildman–Crippen MR) is 78.1 cm³/mol. The van der Waals surface area contributed by atoms with Crippen molar-refractivity contribution in [1.29, 1.82) is 0 Å². The van der Waals surface area contributed by atoms with Gasteiger partial charge in [0.1, 0.15) is 10.8 Å². The highest BCUT2D eigenvalue weighted by Crippen LogP contribution is 2.17. The van der Waals surface area contributed by atoms with Gasteiger partial charge in [-0.05, 0) is 19.1 Å². The first kappa shape index (κ1) is 12.3. The van der Waals surface area contributed by atoms with Crippen molar-refractivity contribution in [2.75, 3.05) is 0 Å². The van der Waals surface area contributed by atoms with E-state index in [0.29, 0.717) is 0 Å². The molecule has 0 amide bonds. The lowest BCUT2D eigenvalue weighted by atomic mass is 10.3. The second kappa shape index (κ2) is 5.11. The molecule has 0 aliphatic carbocycles. The summed E-state index contributed by atoms with van der Waals surface area (Å²) in [7, 11) is 2.06. The maximum atomic E-state index is 4.65. The number of aromatic nitrogens is 3. The molecule has 0 aliphatic heterocycles. The third-order valence-corrected chi connectivity index (χ3v) is 4.23. The summed E-state index contributed by atoms with van der Waals surface area (Å²) < 4.78 is 2.14. The largest absolute Gasteiger partial charge is 0.330 e. The summed E-state index contributed by atoms with van der Waals surface area (Å²) in [5, 5.41) is 6.58. The molecule has 0 spiro atoms. The van der Waals surface area contributed by atoms with Gasteiger partial charge in [0.25, 0.3) is 0 Å². The van der Waals surface area contributed by atoms with Crippen LogP contribution in [0.2, 0.25) is 0 Å². The highest BCUT2D eigenvalue weighted by atomic mass is 32.1. The maximum Gasteiger partial charge on any atom is 0.123 e. The topological polar surface area (TPSA) is 42.7 Å². The lowest BCUT2D eigenvalue weighted by Gasteiger charge is -2.10. The van der Waals surface area contributed by atoms with Crippen LogP contribution < -0.4 is 5.32 Å². The minimum atomic E-state index is 0.250. The van der Waals surface area contributed by atoms with Crippen LogP contribution in [0.25, 0.3) is 11.0 Å². The molecule has 1 N–H and O–H groups in total. The molecule has 1 unspecified atom stereocenters. The van der Waals surface area contributed by atoms with Crippen LogP contribution in [0.1, 0.15) is 23.8 Å². The van der Waals surface area contributed by atoms with E-state index in [1.54, 1.807) is 11.3 Å². The van der Waals surface area contributed by atoms with Gasteiger partial charge in [0.2, 0.25) is 0 Å². The fourth-order valence-corrected chi connectivity index (χ4v) is 2.80. The highest BCUT2D eigenvalue weighted by Gasteiger charge is 2.10. The molecule has 0 saturated carbocycles. The zero-order chi connectivity index (χ0) is 13.2. The number of thiazole rings is 1. The fourth-order valence-electron chi connectivity index (χ4n) is 2.13. The quantitative estimate of drug-likeness (QED) is 0.794.